The van der Waals surface area contributed by atoms with Crippen molar-refractivity contribution in [3.8, 4) is 11.1 Å². The maximum atomic E-state index is 10.6. The van der Waals surface area contributed by atoms with Crippen LogP contribution in [0.3, 0.4) is 0 Å². The average molecular weight is 577 g/mol. The van der Waals surface area contributed by atoms with Crippen LogP contribution in [-0.4, -0.2) is 49.5 Å². The highest BCUT2D eigenvalue weighted by Crippen LogP contribution is 2.25. The van der Waals surface area contributed by atoms with Gasteiger partial charge in [0.15, 0.2) is 0 Å². The number of aromatic amines is 1. The van der Waals surface area contributed by atoms with Crippen molar-refractivity contribution in [3.05, 3.63) is 83.4 Å². The number of pyridine rings is 1. The molecule has 0 aliphatic heterocycles. The van der Waals surface area contributed by atoms with Crippen LogP contribution < -0.4 is 5.73 Å². The van der Waals surface area contributed by atoms with E-state index < -0.39 is 24.3 Å². The van der Waals surface area contributed by atoms with E-state index in [0.717, 1.165) is 38.6 Å². The van der Waals surface area contributed by atoms with Crippen LogP contribution in [0.15, 0.2) is 67.0 Å². The Balaban J connectivity index is 0.000000317. The molecule has 0 aliphatic rings. The minimum absolute atomic E-state index is 0.196. The summed E-state index contributed by atoms with van der Waals surface area (Å²) in [4.78, 5) is 29.9. The third-order valence-electron chi connectivity index (χ3n) is 4.72. The molecule has 1 atom stereocenters. The molecule has 2 aromatic heterocycles. The predicted octanol–water partition coefficient (Wildman–Crippen LogP) is 5.79. The molecule has 0 spiro atoms. The number of rotatable bonds is 4. The van der Waals surface area contributed by atoms with Gasteiger partial charge >= 0.3 is 24.3 Å². The van der Waals surface area contributed by atoms with E-state index in [-0.39, 0.29) is 6.04 Å². The van der Waals surface area contributed by atoms with E-state index in [1.165, 1.54) is 0 Å². The predicted molar refractivity (Wildman–Crippen MR) is 129 cm³/mol. The first kappa shape index (κ1) is 31.1. The fraction of sp³-hybridized carbons (Fsp3) is 0.167. The quantitative estimate of drug-likeness (QED) is 0.225. The van der Waals surface area contributed by atoms with E-state index in [9.17, 15) is 26.3 Å². The van der Waals surface area contributed by atoms with E-state index in [1.807, 2.05) is 42.5 Å². The fourth-order valence-electron chi connectivity index (χ4n) is 2.90. The highest BCUT2D eigenvalue weighted by Gasteiger charge is 2.38. The molecule has 15 heteroatoms. The maximum Gasteiger partial charge on any atom is 0.490 e. The highest BCUT2D eigenvalue weighted by molar-refractivity contribution is 6.30. The monoisotopic (exact) mass is 576 g/mol. The molecule has 4 rings (SSSR count). The highest BCUT2D eigenvalue weighted by atomic mass is 35.5. The molecule has 0 radical (unpaired) electrons. The van der Waals surface area contributed by atoms with Gasteiger partial charge in [-0.3, -0.25) is 4.98 Å². The Kier molecular flexibility index (Phi) is 10.4. The number of hydrogen-bond donors (Lipinski definition) is 4. The summed E-state index contributed by atoms with van der Waals surface area (Å²) >= 11 is 5.93. The van der Waals surface area contributed by atoms with Crippen molar-refractivity contribution in [2.75, 3.05) is 0 Å². The molecule has 2 aromatic carbocycles. The lowest BCUT2D eigenvalue weighted by atomic mass is 10.1. The molecule has 0 bridgehead atoms. The molecule has 2 heterocycles. The molecule has 0 fully saturated rings. The minimum atomic E-state index is -5.08. The third-order valence-corrected chi connectivity index (χ3v) is 4.97. The number of fused-ring (bicyclic) bond motifs is 1. The second-order valence-electron chi connectivity index (χ2n) is 7.63. The number of nitrogens with zero attached hydrogens (tertiary/aromatic N) is 2. The molecule has 0 aliphatic carbocycles. The van der Waals surface area contributed by atoms with Crippen molar-refractivity contribution in [1.82, 2.24) is 15.0 Å². The zero-order valence-electron chi connectivity index (χ0n) is 19.5. The van der Waals surface area contributed by atoms with E-state index in [2.05, 4.69) is 27.1 Å². The van der Waals surface area contributed by atoms with Gasteiger partial charge in [0, 0.05) is 17.4 Å². The summed E-state index contributed by atoms with van der Waals surface area (Å²) in [5, 5.41) is 15.0. The third kappa shape index (κ3) is 9.90. The minimum Gasteiger partial charge on any atom is -0.475 e. The summed E-state index contributed by atoms with van der Waals surface area (Å²) in [7, 11) is 0. The Morgan fingerprint density at radius 1 is 0.872 bits per heavy atom. The van der Waals surface area contributed by atoms with Gasteiger partial charge in [-0.15, -0.1) is 0 Å². The molecule has 0 unspecified atom stereocenters. The number of hydrogen-bond acceptors (Lipinski definition) is 5. The number of alkyl halides is 6. The number of H-pyrrole nitrogens is 1. The van der Waals surface area contributed by atoms with Crippen LogP contribution in [-0.2, 0) is 16.0 Å². The molecular formula is C24H19ClF6N4O4. The Morgan fingerprint density at radius 2 is 1.38 bits per heavy atom. The number of benzene rings is 2. The SMILES string of the molecule is N[C@@H](Cc1ccc(Cl)cc1)c1nc2ccc(-c3ccncc3)cc2[nH]1.O=C(O)C(F)(F)F.O=C(O)C(F)(F)F. The van der Waals surface area contributed by atoms with Crippen molar-refractivity contribution in [2.24, 2.45) is 5.73 Å². The van der Waals surface area contributed by atoms with Crippen molar-refractivity contribution >= 4 is 34.6 Å². The molecule has 4 aromatic rings. The van der Waals surface area contributed by atoms with Gasteiger partial charge in [-0.2, -0.15) is 26.3 Å². The number of nitrogens with one attached hydrogen (secondary N) is 1. The van der Waals surface area contributed by atoms with Crippen LogP contribution >= 0.6 is 11.6 Å². The van der Waals surface area contributed by atoms with Gasteiger partial charge in [0.2, 0.25) is 0 Å². The van der Waals surface area contributed by atoms with E-state index in [0.29, 0.717) is 6.42 Å². The van der Waals surface area contributed by atoms with Crippen LogP contribution in [0.1, 0.15) is 17.4 Å². The smallest absolute Gasteiger partial charge is 0.475 e. The van der Waals surface area contributed by atoms with Crippen LogP contribution in [0.2, 0.25) is 5.02 Å². The Hall–Kier alpha value is -4.17. The standard InChI is InChI=1S/C20H17ClN4.2C2HF3O2/c21-16-4-1-13(2-5-16)11-17(22)20-24-18-6-3-15(12-19(18)25-20)14-7-9-23-10-8-14;2*3-2(4,5)1(6)7/h1-10,12,17H,11,22H2,(H,24,25);2*(H,6,7)/t17-;;/m0../s1. The Morgan fingerprint density at radius 3 is 1.87 bits per heavy atom. The van der Waals surface area contributed by atoms with Gasteiger partial charge < -0.3 is 20.9 Å². The maximum absolute atomic E-state index is 10.6. The molecule has 8 nitrogen and oxygen atoms in total. The lowest BCUT2D eigenvalue weighted by Crippen LogP contribution is -2.21. The summed E-state index contributed by atoms with van der Waals surface area (Å²) in [5.74, 6) is -4.73. The summed E-state index contributed by atoms with van der Waals surface area (Å²) in [6, 6.07) is 17.7. The Bertz CT molecular complexity index is 1370. The van der Waals surface area contributed by atoms with Gasteiger partial charge in [-0.05, 0) is 59.5 Å². The summed E-state index contributed by atoms with van der Waals surface area (Å²) in [5.41, 5.74) is 11.6. The number of halogens is 7. The van der Waals surface area contributed by atoms with Gasteiger partial charge in [0.1, 0.15) is 5.82 Å². The first-order valence-corrected chi connectivity index (χ1v) is 11.0. The molecule has 5 N–H and O–H groups in total. The van der Waals surface area contributed by atoms with Crippen molar-refractivity contribution in [2.45, 2.75) is 24.8 Å². The van der Waals surface area contributed by atoms with Crippen LogP contribution in [0.25, 0.3) is 22.2 Å². The molecule has 0 saturated carbocycles. The normalized spacial score (nSPS) is 12.0. The molecule has 0 amide bonds. The lowest BCUT2D eigenvalue weighted by Gasteiger charge is -2.08. The number of imidazole rings is 1. The zero-order chi connectivity index (χ0) is 29.4. The van der Waals surface area contributed by atoms with Crippen molar-refractivity contribution in [3.63, 3.8) is 0 Å². The van der Waals surface area contributed by atoms with E-state index in [4.69, 9.17) is 37.1 Å². The first-order chi connectivity index (χ1) is 18.1. The molecular weight excluding hydrogens is 558 g/mol. The summed E-state index contributed by atoms with van der Waals surface area (Å²) in [6.07, 6.45) is -5.88. The largest absolute Gasteiger partial charge is 0.490 e. The summed E-state index contributed by atoms with van der Waals surface area (Å²) in [6.45, 7) is 0. The number of aliphatic carboxylic acids is 2. The molecule has 208 valence electrons. The van der Waals surface area contributed by atoms with Gasteiger partial charge in [0.05, 0.1) is 17.1 Å². The lowest BCUT2D eigenvalue weighted by molar-refractivity contribution is -0.193. The van der Waals surface area contributed by atoms with Crippen LogP contribution in [0, 0.1) is 0 Å². The number of carboxylic acids is 2. The van der Waals surface area contributed by atoms with Crippen LogP contribution in [0.5, 0.6) is 0 Å². The number of aromatic nitrogens is 3. The summed E-state index contributed by atoms with van der Waals surface area (Å²) < 4.78 is 63.5. The van der Waals surface area contributed by atoms with Crippen LogP contribution in [0.4, 0.5) is 26.3 Å². The second-order valence-corrected chi connectivity index (χ2v) is 8.07. The zero-order valence-corrected chi connectivity index (χ0v) is 20.2. The molecule has 0 saturated heterocycles. The number of nitrogens with two attached hydrogens (primary N) is 1. The van der Waals surface area contributed by atoms with E-state index >= 15 is 0 Å². The second kappa shape index (κ2) is 13.1. The van der Waals surface area contributed by atoms with Crippen molar-refractivity contribution < 1.29 is 46.1 Å². The van der Waals surface area contributed by atoms with Gasteiger partial charge in [0.25, 0.3) is 0 Å². The number of carbonyl (C=O) groups is 2. The topological polar surface area (TPSA) is 142 Å². The number of carboxylic acid groups (broad SMARTS) is 2. The fourth-order valence-corrected chi connectivity index (χ4v) is 3.03. The first-order valence-electron chi connectivity index (χ1n) is 10.6. The average Bonchev–Trinajstić information content (AvgIpc) is 3.29. The van der Waals surface area contributed by atoms with Crippen molar-refractivity contribution in [1.29, 1.82) is 0 Å². The van der Waals surface area contributed by atoms with Gasteiger partial charge in [-0.1, -0.05) is 29.8 Å². The van der Waals surface area contributed by atoms with Gasteiger partial charge in [-0.25, -0.2) is 14.6 Å². The molecule has 39 heavy (non-hydrogen) atoms. The Labute approximate surface area is 221 Å². The van der Waals surface area contributed by atoms with E-state index in [1.54, 1.807) is 12.4 Å².